The molecule has 1 saturated heterocycles. The number of benzene rings is 1. The van der Waals surface area contributed by atoms with E-state index in [2.05, 4.69) is 22.2 Å². The second kappa shape index (κ2) is 7.18. The Hall–Kier alpha value is -2.14. The van der Waals surface area contributed by atoms with E-state index in [9.17, 15) is 4.79 Å². The summed E-state index contributed by atoms with van der Waals surface area (Å²) in [6.45, 7) is 5.79. The van der Waals surface area contributed by atoms with Gasteiger partial charge in [0.05, 0.1) is 12.4 Å². The molecule has 0 bridgehead atoms. The van der Waals surface area contributed by atoms with E-state index in [0.29, 0.717) is 22.5 Å². The topological polar surface area (TPSA) is 58.1 Å². The lowest BCUT2D eigenvalue weighted by atomic mass is 9.99. The van der Waals surface area contributed by atoms with Crippen LogP contribution >= 0.6 is 11.6 Å². The van der Waals surface area contributed by atoms with Gasteiger partial charge in [-0.15, -0.1) is 0 Å². The van der Waals surface area contributed by atoms with Crippen molar-refractivity contribution >= 4 is 29.0 Å². The molecular formula is C18H21ClN4O. The number of nitrogens with zero attached hydrogens (tertiary/aromatic N) is 3. The average Bonchev–Trinajstić information content (AvgIpc) is 2.58. The number of amides is 1. The number of piperidine rings is 1. The molecule has 1 aliphatic heterocycles. The van der Waals surface area contributed by atoms with Crippen molar-refractivity contribution in [3.05, 3.63) is 46.9 Å². The first-order valence-corrected chi connectivity index (χ1v) is 8.55. The predicted molar refractivity (Wildman–Crippen MR) is 95.8 cm³/mol. The minimum atomic E-state index is -0.0383. The first-order valence-electron chi connectivity index (χ1n) is 8.17. The standard InChI is InChI=1S/C18H21ClN4O/c1-12-5-7-23(8-6-12)18(24)16-10-21-17(11-20-16)22-15-4-3-14(19)9-13(15)2/h3-4,9-12H,5-8H2,1-2H3,(H,21,22). The van der Waals surface area contributed by atoms with Crippen LogP contribution in [0.5, 0.6) is 0 Å². The van der Waals surface area contributed by atoms with E-state index in [0.717, 1.165) is 37.2 Å². The largest absolute Gasteiger partial charge is 0.339 e. The Kier molecular flexibility index (Phi) is 5.00. The summed E-state index contributed by atoms with van der Waals surface area (Å²) < 4.78 is 0. The summed E-state index contributed by atoms with van der Waals surface area (Å²) in [5.74, 6) is 1.25. The smallest absolute Gasteiger partial charge is 0.274 e. The maximum absolute atomic E-state index is 12.5. The van der Waals surface area contributed by atoms with Gasteiger partial charge in [0.1, 0.15) is 11.5 Å². The lowest BCUT2D eigenvalue weighted by Crippen LogP contribution is -2.38. The predicted octanol–water partition coefficient (Wildman–Crippen LogP) is 4.05. The van der Waals surface area contributed by atoms with Crippen molar-refractivity contribution in [2.75, 3.05) is 18.4 Å². The number of likely N-dealkylation sites (tertiary alicyclic amines) is 1. The quantitative estimate of drug-likeness (QED) is 0.912. The van der Waals surface area contributed by atoms with Crippen molar-refractivity contribution in [2.24, 2.45) is 5.92 Å². The highest BCUT2D eigenvalue weighted by atomic mass is 35.5. The van der Waals surface area contributed by atoms with Crippen LogP contribution in [0.4, 0.5) is 11.5 Å². The number of carbonyl (C=O) groups is 1. The van der Waals surface area contributed by atoms with E-state index < -0.39 is 0 Å². The van der Waals surface area contributed by atoms with Crippen LogP contribution in [0.1, 0.15) is 35.8 Å². The number of halogens is 1. The zero-order valence-corrected chi connectivity index (χ0v) is 14.7. The van der Waals surface area contributed by atoms with Gasteiger partial charge in [0, 0.05) is 23.8 Å². The first kappa shape index (κ1) is 16.7. The third-order valence-electron chi connectivity index (χ3n) is 4.39. The molecule has 0 unspecified atom stereocenters. The van der Waals surface area contributed by atoms with Crippen LogP contribution < -0.4 is 5.32 Å². The molecule has 1 N–H and O–H groups in total. The van der Waals surface area contributed by atoms with Gasteiger partial charge < -0.3 is 10.2 Å². The monoisotopic (exact) mass is 344 g/mol. The third kappa shape index (κ3) is 3.85. The molecule has 24 heavy (non-hydrogen) atoms. The number of nitrogens with one attached hydrogen (secondary N) is 1. The molecule has 1 aromatic heterocycles. The van der Waals surface area contributed by atoms with Crippen molar-refractivity contribution in [1.82, 2.24) is 14.9 Å². The van der Waals surface area contributed by atoms with E-state index in [1.165, 1.54) is 6.20 Å². The Bertz CT molecular complexity index is 724. The third-order valence-corrected chi connectivity index (χ3v) is 4.63. The highest BCUT2D eigenvalue weighted by molar-refractivity contribution is 6.30. The maximum Gasteiger partial charge on any atom is 0.274 e. The van der Waals surface area contributed by atoms with Crippen molar-refractivity contribution in [1.29, 1.82) is 0 Å². The highest BCUT2D eigenvalue weighted by Gasteiger charge is 2.22. The fourth-order valence-corrected chi connectivity index (χ4v) is 3.01. The number of rotatable bonds is 3. The Morgan fingerprint density at radius 2 is 2.00 bits per heavy atom. The van der Waals surface area contributed by atoms with Gasteiger partial charge in [-0.1, -0.05) is 18.5 Å². The van der Waals surface area contributed by atoms with Crippen molar-refractivity contribution in [2.45, 2.75) is 26.7 Å². The molecule has 3 rings (SSSR count). The molecule has 1 amide bonds. The van der Waals surface area contributed by atoms with Gasteiger partial charge in [0.15, 0.2) is 0 Å². The summed E-state index contributed by atoms with van der Waals surface area (Å²) in [6.07, 6.45) is 5.23. The molecule has 5 nitrogen and oxygen atoms in total. The van der Waals surface area contributed by atoms with Crippen LogP contribution in [0, 0.1) is 12.8 Å². The van der Waals surface area contributed by atoms with E-state index in [1.807, 2.05) is 30.0 Å². The van der Waals surface area contributed by atoms with Gasteiger partial charge in [-0.2, -0.15) is 0 Å². The van der Waals surface area contributed by atoms with E-state index >= 15 is 0 Å². The minimum absolute atomic E-state index is 0.0383. The van der Waals surface area contributed by atoms with Crippen LogP contribution in [0.15, 0.2) is 30.6 Å². The molecule has 1 fully saturated rings. The molecule has 0 atom stereocenters. The molecule has 0 spiro atoms. The first-order chi connectivity index (χ1) is 11.5. The number of carbonyl (C=O) groups excluding carboxylic acids is 1. The fraction of sp³-hybridized carbons (Fsp3) is 0.389. The molecule has 6 heteroatoms. The number of hydrogen-bond acceptors (Lipinski definition) is 4. The number of anilines is 2. The van der Waals surface area contributed by atoms with Gasteiger partial charge in [0.25, 0.3) is 5.91 Å². The number of hydrogen-bond donors (Lipinski definition) is 1. The average molecular weight is 345 g/mol. The van der Waals surface area contributed by atoms with E-state index in [4.69, 9.17) is 11.6 Å². The Morgan fingerprint density at radius 3 is 2.62 bits per heavy atom. The van der Waals surface area contributed by atoms with Crippen molar-refractivity contribution < 1.29 is 4.79 Å². The van der Waals surface area contributed by atoms with E-state index in [1.54, 1.807) is 6.20 Å². The summed E-state index contributed by atoms with van der Waals surface area (Å²) in [4.78, 5) is 22.9. The summed E-state index contributed by atoms with van der Waals surface area (Å²) in [5, 5.41) is 3.89. The molecule has 2 heterocycles. The van der Waals surface area contributed by atoms with Crippen LogP contribution in [0.25, 0.3) is 0 Å². The number of aryl methyl sites for hydroxylation is 1. The summed E-state index contributed by atoms with van der Waals surface area (Å²) in [5.41, 5.74) is 2.33. The van der Waals surface area contributed by atoms with Crippen LogP contribution in [-0.2, 0) is 0 Å². The molecule has 126 valence electrons. The van der Waals surface area contributed by atoms with Gasteiger partial charge in [-0.05, 0) is 49.4 Å². The van der Waals surface area contributed by atoms with Crippen molar-refractivity contribution in [3.8, 4) is 0 Å². The Balaban J connectivity index is 1.68. The second-order valence-electron chi connectivity index (χ2n) is 6.35. The zero-order valence-electron chi connectivity index (χ0n) is 13.9. The summed E-state index contributed by atoms with van der Waals surface area (Å²) in [6, 6.07) is 5.60. The van der Waals surface area contributed by atoms with Crippen LogP contribution in [0.3, 0.4) is 0 Å². The van der Waals surface area contributed by atoms with Crippen LogP contribution in [-0.4, -0.2) is 33.9 Å². The van der Waals surface area contributed by atoms with Gasteiger partial charge in [-0.25, -0.2) is 9.97 Å². The molecule has 2 aromatic rings. The lowest BCUT2D eigenvalue weighted by molar-refractivity contribution is 0.0691. The molecular weight excluding hydrogens is 324 g/mol. The van der Waals surface area contributed by atoms with Gasteiger partial charge in [0.2, 0.25) is 0 Å². The minimum Gasteiger partial charge on any atom is -0.339 e. The summed E-state index contributed by atoms with van der Waals surface area (Å²) in [7, 11) is 0. The molecule has 0 aliphatic carbocycles. The number of aromatic nitrogens is 2. The molecule has 0 saturated carbocycles. The second-order valence-corrected chi connectivity index (χ2v) is 6.78. The summed E-state index contributed by atoms with van der Waals surface area (Å²) >= 11 is 5.96. The maximum atomic E-state index is 12.5. The van der Waals surface area contributed by atoms with Crippen molar-refractivity contribution in [3.63, 3.8) is 0 Å². The molecule has 1 aliphatic rings. The van der Waals surface area contributed by atoms with Gasteiger partial charge >= 0.3 is 0 Å². The SMILES string of the molecule is Cc1cc(Cl)ccc1Nc1cnc(C(=O)N2CCC(C)CC2)cn1. The highest BCUT2D eigenvalue weighted by Crippen LogP contribution is 2.22. The van der Waals surface area contributed by atoms with Crippen LogP contribution in [0.2, 0.25) is 5.02 Å². The molecule has 1 aromatic carbocycles. The molecule has 0 radical (unpaired) electrons. The van der Waals surface area contributed by atoms with Gasteiger partial charge in [-0.3, -0.25) is 4.79 Å². The Morgan fingerprint density at radius 1 is 1.25 bits per heavy atom. The zero-order chi connectivity index (χ0) is 17.1. The fourth-order valence-electron chi connectivity index (χ4n) is 2.78. The Labute approximate surface area is 147 Å². The lowest BCUT2D eigenvalue weighted by Gasteiger charge is -2.29. The normalized spacial score (nSPS) is 15.4. The van der Waals surface area contributed by atoms with E-state index in [-0.39, 0.29) is 5.91 Å².